The van der Waals surface area contributed by atoms with Gasteiger partial charge in [-0.05, 0) is 32.2 Å². The number of nitrogen functional groups attached to an aromatic ring is 1. The summed E-state index contributed by atoms with van der Waals surface area (Å²) in [7, 11) is 0. The molecule has 0 bridgehead atoms. The second kappa shape index (κ2) is 4.93. The average Bonchev–Trinajstić information content (AvgIpc) is 2.85. The van der Waals surface area contributed by atoms with Crippen molar-refractivity contribution < 1.29 is 9.53 Å². The van der Waals surface area contributed by atoms with Gasteiger partial charge in [0.1, 0.15) is 11.3 Å². The number of rotatable bonds is 2. The third-order valence-corrected chi connectivity index (χ3v) is 2.82. The highest BCUT2D eigenvalue weighted by atomic mass is 32.1. The highest BCUT2D eigenvalue weighted by Crippen LogP contribution is 2.21. The van der Waals surface area contributed by atoms with E-state index in [0.717, 1.165) is 5.69 Å². The lowest BCUT2D eigenvalue weighted by Gasteiger charge is -2.19. The Morgan fingerprint density at radius 2 is 2.26 bits per heavy atom. The molecule has 2 heterocycles. The molecule has 0 aliphatic heterocycles. The maximum absolute atomic E-state index is 11.7. The average molecular weight is 280 g/mol. The molecule has 0 aromatic carbocycles. The van der Waals surface area contributed by atoms with E-state index < -0.39 is 11.7 Å². The number of amides is 1. The normalized spacial score (nSPS) is 11.3. The van der Waals surface area contributed by atoms with Crippen molar-refractivity contribution in [2.75, 3.05) is 11.1 Å². The van der Waals surface area contributed by atoms with E-state index in [-0.39, 0.29) is 5.82 Å². The molecular formula is C12H16N4O2S. The smallest absolute Gasteiger partial charge is 0.412 e. The summed E-state index contributed by atoms with van der Waals surface area (Å²) in [5.41, 5.74) is 6.54. The summed E-state index contributed by atoms with van der Waals surface area (Å²) in [6.45, 7) is 5.39. The fourth-order valence-electron chi connectivity index (χ4n) is 1.42. The zero-order valence-corrected chi connectivity index (χ0v) is 11.8. The summed E-state index contributed by atoms with van der Waals surface area (Å²) in [4.78, 5) is 11.7. The number of nitrogens with two attached hydrogens (primary N) is 1. The Labute approximate surface area is 115 Å². The molecule has 2 aromatic heterocycles. The molecule has 3 N–H and O–H groups in total. The number of nitrogens with one attached hydrogen (secondary N) is 1. The Bertz CT molecular complexity index is 569. The second-order valence-electron chi connectivity index (χ2n) is 4.98. The minimum Gasteiger partial charge on any atom is -0.444 e. The van der Waals surface area contributed by atoms with Crippen molar-refractivity contribution in [3.05, 3.63) is 23.0 Å². The van der Waals surface area contributed by atoms with Crippen LogP contribution >= 0.6 is 11.3 Å². The summed E-state index contributed by atoms with van der Waals surface area (Å²) < 4.78 is 6.77. The van der Waals surface area contributed by atoms with Gasteiger partial charge in [-0.3, -0.25) is 5.32 Å². The van der Waals surface area contributed by atoms with E-state index in [4.69, 9.17) is 10.5 Å². The maximum Gasteiger partial charge on any atom is 0.412 e. The quantitative estimate of drug-likeness (QED) is 0.886. The predicted molar refractivity (Wildman–Crippen MR) is 75.7 cm³/mol. The molecule has 0 saturated carbocycles. The molecule has 0 aliphatic carbocycles. The first kappa shape index (κ1) is 13.4. The number of aromatic nitrogens is 2. The van der Waals surface area contributed by atoms with Gasteiger partial charge in [0.15, 0.2) is 5.82 Å². The van der Waals surface area contributed by atoms with E-state index in [1.807, 2.05) is 16.8 Å². The van der Waals surface area contributed by atoms with Gasteiger partial charge in [-0.25, -0.2) is 9.48 Å². The molecule has 2 aromatic rings. The lowest BCUT2D eigenvalue weighted by molar-refractivity contribution is 0.0636. The molecule has 1 amide bonds. The van der Waals surface area contributed by atoms with Crippen molar-refractivity contribution in [2.45, 2.75) is 26.4 Å². The third kappa shape index (κ3) is 3.47. The van der Waals surface area contributed by atoms with E-state index in [0.29, 0.717) is 5.69 Å². The van der Waals surface area contributed by atoms with Gasteiger partial charge in [-0.15, -0.1) is 5.10 Å². The van der Waals surface area contributed by atoms with E-state index in [2.05, 4.69) is 10.4 Å². The molecule has 0 atom stereocenters. The van der Waals surface area contributed by atoms with Gasteiger partial charge in [0.25, 0.3) is 0 Å². The number of anilines is 2. The molecule has 0 aliphatic rings. The first-order valence-corrected chi connectivity index (χ1v) is 6.67. The largest absolute Gasteiger partial charge is 0.444 e. The number of ether oxygens (including phenoxy) is 1. The Kier molecular flexibility index (Phi) is 3.48. The fourth-order valence-corrected chi connectivity index (χ4v) is 2.04. The van der Waals surface area contributed by atoms with Crippen molar-refractivity contribution in [2.24, 2.45) is 0 Å². The minimum absolute atomic E-state index is 0.247. The van der Waals surface area contributed by atoms with Crippen molar-refractivity contribution >= 4 is 28.9 Å². The SMILES string of the molecule is CC(C)(C)OC(=O)Nc1cn(-c2ccsc2)nc1N. The summed E-state index contributed by atoms with van der Waals surface area (Å²) >= 11 is 1.56. The van der Waals surface area contributed by atoms with Gasteiger partial charge in [-0.1, -0.05) is 0 Å². The number of thiophene rings is 1. The molecule has 0 unspecified atom stereocenters. The van der Waals surface area contributed by atoms with E-state index in [1.165, 1.54) is 0 Å². The lowest BCUT2D eigenvalue weighted by atomic mass is 10.2. The van der Waals surface area contributed by atoms with E-state index in [9.17, 15) is 4.79 Å². The Morgan fingerprint density at radius 1 is 1.53 bits per heavy atom. The van der Waals surface area contributed by atoms with Crippen molar-refractivity contribution in [1.29, 1.82) is 0 Å². The highest BCUT2D eigenvalue weighted by molar-refractivity contribution is 7.08. The molecule has 0 spiro atoms. The van der Waals surface area contributed by atoms with E-state index in [1.54, 1.807) is 43.0 Å². The Balaban J connectivity index is 2.12. The van der Waals surface area contributed by atoms with Crippen LogP contribution in [0.4, 0.5) is 16.3 Å². The summed E-state index contributed by atoms with van der Waals surface area (Å²) in [6, 6.07) is 1.91. The number of hydrogen-bond acceptors (Lipinski definition) is 5. The van der Waals surface area contributed by atoms with Gasteiger partial charge in [0.05, 0.1) is 11.9 Å². The number of hydrogen-bond donors (Lipinski definition) is 2. The van der Waals surface area contributed by atoms with Crippen LogP contribution in [0.15, 0.2) is 23.0 Å². The Hall–Kier alpha value is -2.02. The van der Waals surface area contributed by atoms with Crippen molar-refractivity contribution in [3.63, 3.8) is 0 Å². The predicted octanol–water partition coefficient (Wildman–Crippen LogP) is 2.86. The van der Waals surface area contributed by atoms with Crippen LogP contribution < -0.4 is 11.1 Å². The van der Waals surface area contributed by atoms with Crippen molar-refractivity contribution in [3.8, 4) is 5.69 Å². The van der Waals surface area contributed by atoms with Gasteiger partial charge in [0.2, 0.25) is 0 Å². The zero-order chi connectivity index (χ0) is 14.0. The number of carbonyl (C=O) groups is 1. The van der Waals surface area contributed by atoms with Crippen molar-refractivity contribution in [1.82, 2.24) is 9.78 Å². The van der Waals surface area contributed by atoms with Crippen LogP contribution in [-0.4, -0.2) is 21.5 Å². The van der Waals surface area contributed by atoms with Crippen LogP contribution in [0, 0.1) is 0 Å². The summed E-state index contributed by atoms with van der Waals surface area (Å²) in [5, 5.41) is 10.6. The summed E-state index contributed by atoms with van der Waals surface area (Å²) in [6.07, 6.45) is 1.10. The molecule has 0 radical (unpaired) electrons. The molecule has 6 nitrogen and oxygen atoms in total. The van der Waals surface area contributed by atoms with Gasteiger partial charge < -0.3 is 10.5 Å². The van der Waals surface area contributed by atoms with Gasteiger partial charge in [0, 0.05) is 5.38 Å². The van der Waals surface area contributed by atoms with Crippen LogP contribution in [0.3, 0.4) is 0 Å². The first-order chi connectivity index (χ1) is 8.85. The molecule has 19 heavy (non-hydrogen) atoms. The number of nitrogens with zero attached hydrogens (tertiary/aromatic N) is 2. The molecule has 102 valence electrons. The van der Waals surface area contributed by atoms with Crippen LogP contribution in [0.25, 0.3) is 5.69 Å². The number of carbonyl (C=O) groups excluding carboxylic acids is 1. The summed E-state index contributed by atoms with van der Waals surface area (Å²) in [5.74, 6) is 0.247. The molecule has 7 heteroatoms. The van der Waals surface area contributed by atoms with Crippen LogP contribution in [0.2, 0.25) is 0 Å². The molecule has 0 saturated heterocycles. The standard InChI is InChI=1S/C12H16N4O2S/c1-12(2,3)18-11(17)14-9-6-16(15-10(9)13)8-4-5-19-7-8/h4-7H,1-3H3,(H2,13,15)(H,14,17). The minimum atomic E-state index is -0.553. The monoisotopic (exact) mass is 280 g/mol. The van der Waals surface area contributed by atoms with Gasteiger partial charge in [-0.2, -0.15) is 11.3 Å². The van der Waals surface area contributed by atoms with Crippen LogP contribution in [-0.2, 0) is 4.74 Å². The van der Waals surface area contributed by atoms with Crippen LogP contribution in [0.1, 0.15) is 20.8 Å². The molecule has 0 fully saturated rings. The highest BCUT2D eigenvalue weighted by Gasteiger charge is 2.18. The lowest BCUT2D eigenvalue weighted by Crippen LogP contribution is -2.27. The topological polar surface area (TPSA) is 82.2 Å². The second-order valence-corrected chi connectivity index (χ2v) is 5.76. The Morgan fingerprint density at radius 3 is 2.84 bits per heavy atom. The first-order valence-electron chi connectivity index (χ1n) is 5.73. The van der Waals surface area contributed by atoms with Gasteiger partial charge >= 0.3 is 6.09 Å². The third-order valence-electron chi connectivity index (χ3n) is 2.15. The zero-order valence-electron chi connectivity index (χ0n) is 11.0. The fraction of sp³-hybridized carbons (Fsp3) is 0.333. The molecule has 2 rings (SSSR count). The van der Waals surface area contributed by atoms with E-state index >= 15 is 0 Å². The maximum atomic E-state index is 11.7. The van der Waals surface area contributed by atoms with Crippen LogP contribution in [0.5, 0.6) is 0 Å². The molecular weight excluding hydrogens is 264 g/mol.